The number of aromatic nitrogens is 4. The van der Waals surface area contributed by atoms with Crippen molar-refractivity contribution in [2.45, 2.75) is 50.8 Å². The van der Waals surface area contributed by atoms with Crippen LogP contribution in [0.25, 0.3) is 0 Å². The van der Waals surface area contributed by atoms with Gasteiger partial charge >= 0.3 is 0 Å². The minimum atomic E-state index is -3.63. The minimum absolute atomic E-state index is 0.237. The lowest BCUT2D eigenvalue weighted by Crippen LogP contribution is -2.32. The SMILES string of the molecule is CC(NS(=O)(=O)c1cnn2c1CNCC2)c1cnn(C(C)C)c1. The van der Waals surface area contributed by atoms with Crippen molar-refractivity contribution in [3.8, 4) is 0 Å². The molecule has 0 saturated heterocycles. The van der Waals surface area contributed by atoms with Crippen LogP contribution in [-0.2, 0) is 23.1 Å². The normalized spacial score (nSPS) is 16.5. The van der Waals surface area contributed by atoms with Gasteiger partial charge in [-0.1, -0.05) is 0 Å². The van der Waals surface area contributed by atoms with Gasteiger partial charge < -0.3 is 5.32 Å². The highest BCUT2D eigenvalue weighted by atomic mass is 32.2. The zero-order chi connectivity index (χ0) is 16.6. The summed E-state index contributed by atoms with van der Waals surface area (Å²) < 4.78 is 31.6. The highest BCUT2D eigenvalue weighted by Gasteiger charge is 2.26. The maximum Gasteiger partial charge on any atom is 0.244 e. The number of nitrogens with zero attached hydrogens (tertiary/aromatic N) is 4. The maximum atomic E-state index is 12.7. The first-order valence-corrected chi connectivity index (χ1v) is 9.18. The largest absolute Gasteiger partial charge is 0.309 e. The van der Waals surface area contributed by atoms with Gasteiger partial charge in [-0.05, 0) is 20.8 Å². The van der Waals surface area contributed by atoms with Crippen LogP contribution >= 0.6 is 0 Å². The van der Waals surface area contributed by atoms with Crippen molar-refractivity contribution in [1.82, 2.24) is 29.6 Å². The predicted molar refractivity (Wildman–Crippen MR) is 85.3 cm³/mol. The number of nitrogens with one attached hydrogen (secondary N) is 2. The molecule has 1 unspecified atom stereocenters. The van der Waals surface area contributed by atoms with Crippen LogP contribution in [0.4, 0.5) is 0 Å². The van der Waals surface area contributed by atoms with Crippen LogP contribution in [0, 0.1) is 0 Å². The van der Waals surface area contributed by atoms with Gasteiger partial charge in [0.1, 0.15) is 4.90 Å². The molecule has 2 aromatic rings. The third kappa shape index (κ3) is 3.17. The smallest absolute Gasteiger partial charge is 0.244 e. The summed E-state index contributed by atoms with van der Waals surface area (Å²) in [6, 6.07) is -0.124. The molecule has 126 valence electrons. The summed E-state index contributed by atoms with van der Waals surface area (Å²) in [5, 5.41) is 11.6. The van der Waals surface area contributed by atoms with Crippen molar-refractivity contribution >= 4 is 10.0 Å². The van der Waals surface area contributed by atoms with Gasteiger partial charge in [0.05, 0.1) is 24.6 Å². The summed E-state index contributed by atoms with van der Waals surface area (Å²) in [5.41, 5.74) is 1.54. The van der Waals surface area contributed by atoms with Gasteiger partial charge in [0, 0.05) is 36.9 Å². The van der Waals surface area contributed by atoms with E-state index in [9.17, 15) is 8.42 Å². The quantitative estimate of drug-likeness (QED) is 0.841. The Bertz CT molecular complexity index is 792. The molecular weight excluding hydrogens is 316 g/mol. The molecule has 0 aromatic carbocycles. The lowest BCUT2D eigenvalue weighted by Gasteiger charge is -2.17. The molecule has 2 N–H and O–H groups in total. The zero-order valence-electron chi connectivity index (χ0n) is 13.5. The summed E-state index contributed by atoms with van der Waals surface area (Å²) in [6.45, 7) is 7.85. The van der Waals surface area contributed by atoms with Crippen LogP contribution in [-0.4, -0.2) is 34.5 Å². The molecule has 0 amide bonds. The first kappa shape index (κ1) is 16.2. The van der Waals surface area contributed by atoms with Crippen LogP contribution < -0.4 is 10.0 Å². The molecule has 0 saturated carbocycles. The standard InChI is InChI=1S/C14H22N6O2S/c1-10(2)20-9-12(6-16-20)11(3)18-23(21,22)14-8-17-19-5-4-15-7-13(14)19/h6,8-11,15,18H,4-5,7H2,1-3H3. The Kier molecular flexibility index (Phi) is 4.26. The predicted octanol–water partition coefficient (Wildman–Crippen LogP) is 0.803. The van der Waals surface area contributed by atoms with E-state index < -0.39 is 10.0 Å². The number of sulfonamides is 1. The van der Waals surface area contributed by atoms with Crippen molar-refractivity contribution in [2.24, 2.45) is 0 Å². The van der Waals surface area contributed by atoms with E-state index in [0.717, 1.165) is 12.1 Å². The average molecular weight is 338 g/mol. The van der Waals surface area contributed by atoms with E-state index in [2.05, 4.69) is 20.2 Å². The molecule has 0 bridgehead atoms. The molecule has 1 aliphatic rings. The summed E-state index contributed by atoms with van der Waals surface area (Å²) in [5.74, 6) is 0. The molecule has 23 heavy (non-hydrogen) atoms. The van der Waals surface area contributed by atoms with Gasteiger partial charge in [-0.2, -0.15) is 10.2 Å². The third-order valence-corrected chi connectivity index (χ3v) is 5.56. The molecule has 2 aromatic heterocycles. The van der Waals surface area contributed by atoms with E-state index in [-0.39, 0.29) is 17.0 Å². The van der Waals surface area contributed by atoms with Gasteiger partial charge in [0.25, 0.3) is 0 Å². The van der Waals surface area contributed by atoms with Crippen molar-refractivity contribution in [1.29, 1.82) is 0 Å². The van der Waals surface area contributed by atoms with E-state index in [0.29, 0.717) is 18.8 Å². The fourth-order valence-corrected chi connectivity index (χ4v) is 4.01. The molecule has 0 radical (unpaired) electrons. The topological polar surface area (TPSA) is 93.8 Å². The van der Waals surface area contributed by atoms with Crippen LogP contribution in [0.3, 0.4) is 0 Å². The summed E-state index contributed by atoms with van der Waals surface area (Å²) in [6.07, 6.45) is 4.99. The minimum Gasteiger partial charge on any atom is -0.309 e. The van der Waals surface area contributed by atoms with E-state index >= 15 is 0 Å². The van der Waals surface area contributed by atoms with Crippen LogP contribution in [0.2, 0.25) is 0 Å². The van der Waals surface area contributed by atoms with Crippen molar-refractivity contribution < 1.29 is 8.42 Å². The molecule has 3 heterocycles. The molecule has 8 nitrogen and oxygen atoms in total. The number of hydrogen-bond donors (Lipinski definition) is 2. The molecule has 0 spiro atoms. The van der Waals surface area contributed by atoms with E-state index in [1.807, 2.05) is 31.6 Å². The molecule has 0 fully saturated rings. The van der Waals surface area contributed by atoms with Crippen molar-refractivity contribution in [3.05, 3.63) is 29.8 Å². The van der Waals surface area contributed by atoms with Crippen molar-refractivity contribution in [3.63, 3.8) is 0 Å². The number of rotatable bonds is 5. The lowest BCUT2D eigenvalue weighted by atomic mass is 10.2. The fourth-order valence-electron chi connectivity index (χ4n) is 2.60. The van der Waals surface area contributed by atoms with Gasteiger partial charge in [-0.3, -0.25) is 9.36 Å². The Morgan fingerprint density at radius 1 is 1.26 bits per heavy atom. The van der Waals surface area contributed by atoms with Gasteiger partial charge in [0.15, 0.2) is 0 Å². The Hall–Kier alpha value is -1.71. The molecular formula is C14H22N6O2S. The Morgan fingerprint density at radius 2 is 2.04 bits per heavy atom. The fraction of sp³-hybridized carbons (Fsp3) is 0.571. The van der Waals surface area contributed by atoms with Crippen LogP contribution in [0.5, 0.6) is 0 Å². The van der Waals surface area contributed by atoms with E-state index in [1.165, 1.54) is 6.20 Å². The highest BCUT2D eigenvalue weighted by molar-refractivity contribution is 7.89. The van der Waals surface area contributed by atoms with E-state index in [1.54, 1.807) is 10.9 Å². The third-order valence-electron chi connectivity index (χ3n) is 3.98. The van der Waals surface area contributed by atoms with E-state index in [4.69, 9.17) is 0 Å². The average Bonchev–Trinajstić information content (AvgIpc) is 3.14. The first-order chi connectivity index (χ1) is 10.9. The lowest BCUT2D eigenvalue weighted by molar-refractivity contribution is 0.469. The number of fused-ring (bicyclic) bond motifs is 1. The molecule has 3 rings (SSSR count). The second-order valence-corrected chi connectivity index (χ2v) is 7.73. The second kappa shape index (κ2) is 6.06. The Balaban J connectivity index is 1.81. The second-order valence-electron chi connectivity index (χ2n) is 6.05. The van der Waals surface area contributed by atoms with Crippen LogP contribution in [0.1, 0.15) is 44.1 Å². The van der Waals surface area contributed by atoms with Crippen LogP contribution in [0.15, 0.2) is 23.5 Å². The Labute approximate surface area is 135 Å². The highest BCUT2D eigenvalue weighted by Crippen LogP contribution is 2.21. The zero-order valence-corrected chi connectivity index (χ0v) is 14.3. The monoisotopic (exact) mass is 338 g/mol. The molecule has 9 heteroatoms. The van der Waals surface area contributed by atoms with Gasteiger partial charge in [-0.25, -0.2) is 13.1 Å². The molecule has 1 aliphatic heterocycles. The summed E-state index contributed by atoms with van der Waals surface area (Å²) in [4.78, 5) is 0.243. The van der Waals surface area contributed by atoms with Gasteiger partial charge in [0.2, 0.25) is 10.0 Å². The first-order valence-electron chi connectivity index (χ1n) is 7.70. The summed E-state index contributed by atoms with van der Waals surface area (Å²) in [7, 11) is -3.63. The summed E-state index contributed by atoms with van der Waals surface area (Å²) >= 11 is 0. The van der Waals surface area contributed by atoms with Crippen molar-refractivity contribution in [2.75, 3.05) is 6.54 Å². The maximum absolute atomic E-state index is 12.7. The molecule has 1 atom stereocenters. The number of hydrogen-bond acceptors (Lipinski definition) is 5. The molecule has 0 aliphatic carbocycles. The van der Waals surface area contributed by atoms with Gasteiger partial charge in [-0.15, -0.1) is 0 Å². The Morgan fingerprint density at radius 3 is 2.74 bits per heavy atom.